The van der Waals surface area contributed by atoms with Crippen LogP contribution in [0, 0.1) is 13.8 Å². The van der Waals surface area contributed by atoms with Gasteiger partial charge in [-0.3, -0.25) is 9.58 Å². The molecule has 0 bridgehead atoms. The van der Waals surface area contributed by atoms with Gasteiger partial charge in [0.05, 0.1) is 22.8 Å². The second-order valence-corrected chi connectivity index (χ2v) is 12.8. The third-order valence-electron chi connectivity index (χ3n) is 9.40. The van der Waals surface area contributed by atoms with Crippen molar-refractivity contribution in [3.05, 3.63) is 82.3 Å². The van der Waals surface area contributed by atoms with Crippen LogP contribution in [0.25, 0.3) is 32.8 Å². The first kappa shape index (κ1) is 31.1. The number of ether oxygens (including phenoxy) is 1. The predicted molar refractivity (Wildman–Crippen MR) is 182 cm³/mol. The number of fused-ring (bicyclic) bond motifs is 2. The largest absolute Gasteiger partial charge is 0.493 e. The average molecular weight is 628 g/mol. The summed E-state index contributed by atoms with van der Waals surface area (Å²) in [5, 5.41) is 19.1. The normalized spacial score (nSPS) is 16.2. The van der Waals surface area contributed by atoms with E-state index in [0.29, 0.717) is 42.8 Å². The van der Waals surface area contributed by atoms with E-state index in [4.69, 9.17) is 16.3 Å². The smallest absolute Gasteiger partial charge is 0.352 e. The van der Waals surface area contributed by atoms with Crippen molar-refractivity contribution >= 4 is 39.2 Å². The summed E-state index contributed by atoms with van der Waals surface area (Å²) in [6.45, 7) is 11.0. The minimum atomic E-state index is -0.927. The Bertz CT molecular complexity index is 1870. The monoisotopic (exact) mass is 627 g/mol. The van der Waals surface area contributed by atoms with Crippen LogP contribution in [-0.2, 0) is 20.0 Å². The minimum Gasteiger partial charge on any atom is -0.493 e. The molecule has 1 saturated heterocycles. The molecular formula is C36H42ClN5O3. The number of rotatable bonds is 10. The Labute approximate surface area is 269 Å². The van der Waals surface area contributed by atoms with Crippen molar-refractivity contribution in [2.24, 2.45) is 7.05 Å². The van der Waals surface area contributed by atoms with E-state index >= 15 is 0 Å². The number of carboxylic acid groups (broad SMARTS) is 1. The number of carbonyl (C=O) groups is 1. The first-order valence-electron chi connectivity index (χ1n) is 15.8. The van der Waals surface area contributed by atoms with E-state index < -0.39 is 5.97 Å². The molecule has 6 rings (SSSR count). The Hall–Kier alpha value is -3.85. The van der Waals surface area contributed by atoms with Gasteiger partial charge >= 0.3 is 5.97 Å². The lowest BCUT2D eigenvalue weighted by atomic mass is 9.98. The zero-order valence-electron chi connectivity index (χ0n) is 26.8. The fraction of sp³-hybridized carbons (Fsp3) is 0.389. The maximum atomic E-state index is 13.1. The second kappa shape index (κ2) is 12.9. The second-order valence-electron chi connectivity index (χ2n) is 12.3. The molecule has 1 unspecified atom stereocenters. The summed E-state index contributed by atoms with van der Waals surface area (Å²) < 4.78 is 10.1. The van der Waals surface area contributed by atoms with Crippen LogP contribution in [0.3, 0.4) is 0 Å². The quantitative estimate of drug-likeness (QED) is 0.172. The number of carboxylic acids is 1. The molecule has 1 aliphatic heterocycles. The van der Waals surface area contributed by atoms with E-state index in [1.165, 1.54) is 0 Å². The summed E-state index contributed by atoms with van der Waals surface area (Å²) in [5.41, 5.74) is 5.69. The van der Waals surface area contributed by atoms with Crippen LogP contribution < -0.4 is 4.74 Å². The zero-order chi connectivity index (χ0) is 31.8. The lowest BCUT2D eigenvalue weighted by molar-refractivity contribution is 0.0679. The van der Waals surface area contributed by atoms with E-state index in [1.54, 1.807) is 0 Å². The van der Waals surface area contributed by atoms with Gasteiger partial charge in [-0.1, -0.05) is 54.1 Å². The summed E-state index contributed by atoms with van der Waals surface area (Å²) in [6.07, 6.45) is 1.23. The first-order chi connectivity index (χ1) is 21.7. The minimum absolute atomic E-state index is 0.333. The molecule has 2 aromatic heterocycles. The van der Waals surface area contributed by atoms with Crippen LogP contribution in [-0.4, -0.2) is 81.1 Å². The van der Waals surface area contributed by atoms with Crippen LogP contribution >= 0.6 is 11.6 Å². The van der Waals surface area contributed by atoms with Gasteiger partial charge in [-0.2, -0.15) is 5.10 Å². The van der Waals surface area contributed by atoms with E-state index in [0.717, 1.165) is 81.7 Å². The van der Waals surface area contributed by atoms with Crippen LogP contribution in [0.2, 0.25) is 5.02 Å². The van der Waals surface area contributed by atoms with Crippen molar-refractivity contribution < 1.29 is 14.6 Å². The predicted octanol–water partition coefficient (Wildman–Crippen LogP) is 6.81. The number of piperazine rings is 1. The van der Waals surface area contributed by atoms with Crippen molar-refractivity contribution in [2.75, 3.05) is 39.8 Å². The molecule has 1 N–H and O–H groups in total. The van der Waals surface area contributed by atoms with Crippen molar-refractivity contribution in [1.82, 2.24) is 24.1 Å². The zero-order valence-corrected chi connectivity index (χ0v) is 27.6. The molecule has 0 amide bonds. The van der Waals surface area contributed by atoms with Crippen LogP contribution in [0.15, 0.2) is 54.6 Å². The summed E-state index contributed by atoms with van der Waals surface area (Å²) in [6, 6.07) is 18.5. The molecule has 8 nitrogen and oxygen atoms in total. The molecule has 3 heterocycles. The highest BCUT2D eigenvalue weighted by Gasteiger charge is 2.29. The number of hydrogen-bond donors (Lipinski definition) is 1. The van der Waals surface area contributed by atoms with Crippen molar-refractivity contribution in [3.8, 4) is 16.9 Å². The van der Waals surface area contributed by atoms with Crippen LogP contribution in [0.5, 0.6) is 5.75 Å². The number of hydrogen-bond acceptors (Lipinski definition) is 5. The highest BCUT2D eigenvalue weighted by atomic mass is 35.5. The molecule has 0 aliphatic carbocycles. The highest BCUT2D eigenvalue weighted by Crippen LogP contribution is 2.42. The fourth-order valence-electron chi connectivity index (χ4n) is 7.08. The summed E-state index contributed by atoms with van der Waals surface area (Å²) in [5.74, 6) is -0.0869. The van der Waals surface area contributed by atoms with Crippen LogP contribution in [0.4, 0.5) is 0 Å². The average Bonchev–Trinajstić information content (AvgIpc) is 3.46. The lowest BCUT2D eigenvalue weighted by Gasteiger charge is -2.38. The molecule has 1 aliphatic rings. The van der Waals surface area contributed by atoms with Gasteiger partial charge in [-0.25, -0.2) is 4.79 Å². The van der Waals surface area contributed by atoms with E-state index in [1.807, 2.05) is 66.5 Å². The molecule has 0 saturated carbocycles. The van der Waals surface area contributed by atoms with E-state index in [9.17, 15) is 9.90 Å². The van der Waals surface area contributed by atoms with Gasteiger partial charge in [-0.05, 0) is 63.7 Å². The maximum absolute atomic E-state index is 13.1. The topological polar surface area (TPSA) is 75.8 Å². The molecule has 0 radical (unpaired) electrons. The Morgan fingerprint density at radius 1 is 1.00 bits per heavy atom. The van der Waals surface area contributed by atoms with Gasteiger partial charge in [0.2, 0.25) is 0 Å². The summed E-state index contributed by atoms with van der Waals surface area (Å²) in [4.78, 5) is 17.9. The summed E-state index contributed by atoms with van der Waals surface area (Å²) >= 11 is 7.00. The molecule has 3 aromatic carbocycles. The third kappa shape index (κ3) is 5.94. The van der Waals surface area contributed by atoms with Gasteiger partial charge in [0.15, 0.2) is 0 Å². The van der Waals surface area contributed by atoms with E-state index in [-0.39, 0.29) is 0 Å². The molecule has 0 spiro atoms. The number of nitrogens with zero attached hydrogens (tertiary/aromatic N) is 5. The van der Waals surface area contributed by atoms with Gasteiger partial charge in [0, 0.05) is 73.4 Å². The third-order valence-corrected chi connectivity index (χ3v) is 9.71. The lowest BCUT2D eigenvalue weighted by Crippen LogP contribution is -2.51. The maximum Gasteiger partial charge on any atom is 0.352 e. The van der Waals surface area contributed by atoms with E-state index in [2.05, 4.69) is 47.1 Å². The van der Waals surface area contributed by atoms with Gasteiger partial charge in [-0.15, -0.1) is 0 Å². The molecule has 45 heavy (non-hydrogen) atoms. The Kier molecular flexibility index (Phi) is 8.91. The first-order valence-corrected chi connectivity index (χ1v) is 16.1. The Morgan fingerprint density at radius 2 is 1.78 bits per heavy atom. The standard InChI is InChI=1S/C36H42ClN5O3/c1-23-22-39(4)17-18-41(23)19-20-42-34-29(15-16-30(37)33(34)32-24(2)38-40(5)25(32)3)28(35(42)36(43)44)13-9-21-45-31-14-8-11-26-10-6-7-12-27(26)31/h6-8,10-12,14-16,23H,9,13,17-22H2,1-5H3,(H,43,44). The number of likely N-dealkylation sites (N-methyl/N-ethyl adjacent to an activating group) is 1. The summed E-state index contributed by atoms with van der Waals surface area (Å²) in [7, 11) is 4.08. The number of halogens is 1. The SMILES string of the molecule is Cc1nn(C)c(C)c1-c1c(Cl)ccc2c(CCCOc3cccc4ccccc34)c(C(=O)O)n(CCN3CCN(C)CC3C)c12. The molecule has 236 valence electrons. The highest BCUT2D eigenvalue weighted by molar-refractivity contribution is 6.35. The molecule has 1 atom stereocenters. The molecular weight excluding hydrogens is 586 g/mol. The Morgan fingerprint density at radius 3 is 2.51 bits per heavy atom. The number of aromatic nitrogens is 3. The van der Waals surface area contributed by atoms with Gasteiger partial charge < -0.3 is 19.3 Å². The fourth-order valence-corrected chi connectivity index (χ4v) is 7.32. The Balaban J connectivity index is 1.40. The number of benzene rings is 3. The number of aromatic carboxylic acids is 1. The van der Waals surface area contributed by atoms with Crippen molar-refractivity contribution in [2.45, 2.75) is 46.2 Å². The van der Waals surface area contributed by atoms with Crippen LogP contribution in [0.1, 0.15) is 40.8 Å². The van der Waals surface area contributed by atoms with Gasteiger partial charge in [0.25, 0.3) is 0 Å². The van der Waals surface area contributed by atoms with Crippen molar-refractivity contribution in [1.29, 1.82) is 0 Å². The number of aryl methyl sites for hydroxylation is 3. The molecule has 9 heteroatoms. The molecule has 1 fully saturated rings. The van der Waals surface area contributed by atoms with Gasteiger partial charge in [0.1, 0.15) is 11.4 Å². The van der Waals surface area contributed by atoms with Crippen molar-refractivity contribution in [3.63, 3.8) is 0 Å². The molecule has 5 aromatic rings.